The first-order valence-corrected chi connectivity index (χ1v) is 13.1. The van der Waals surface area contributed by atoms with Crippen molar-refractivity contribution in [2.75, 3.05) is 13.7 Å². The molecule has 186 valence electrons. The van der Waals surface area contributed by atoms with Crippen LogP contribution in [0.3, 0.4) is 0 Å². The normalized spacial score (nSPS) is 12.4. The second kappa shape index (κ2) is 11.2. The lowest BCUT2D eigenvalue weighted by atomic mass is 10.1. The van der Waals surface area contributed by atoms with E-state index in [1.54, 1.807) is 45.2 Å². The van der Waals surface area contributed by atoms with Gasteiger partial charge in [0.1, 0.15) is 5.75 Å². The minimum absolute atomic E-state index is 0.0305. The fourth-order valence-electron chi connectivity index (χ4n) is 4.27. The average Bonchev–Trinajstić information content (AvgIpc) is 2.79. The van der Waals surface area contributed by atoms with Gasteiger partial charge in [0.05, 0.1) is 24.6 Å². The van der Waals surface area contributed by atoms with Gasteiger partial charge in [0.25, 0.3) is 0 Å². The number of rotatable bonds is 9. The molecule has 1 amide bonds. The Hall–Kier alpha value is -2.87. The number of carbonyl (C=O) groups is 1. The van der Waals surface area contributed by atoms with Gasteiger partial charge in [-0.05, 0) is 62.6 Å². The molecule has 6 nitrogen and oxygen atoms in total. The van der Waals surface area contributed by atoms with Crippen LogP contribution in [-0.2, 0) is 21.4 Å². The minimum Gasteiger partial charge on any atom is -0.496 e. The summed E-state index contributed by atoms with van der Waals surface area (Å²) in [6.07, 6.45) is 0. The Morgan fingerprint density at radius 2 is 1.63 bits per heavy atom. The maximum absolute atomic E-state index is 13.8. The predicted octanol–water partition coefficient (Wildman–Crippen LogP) is 5.34. The maximum atomic E-state index is 13.8. The highest BCUT2D eigenvalue weighted by atomic mass is 35.5. The van der Waals surface area contributed by atoms with Crippen LogP contribution in [0.4, 0.5) is 0 Å². The smallest absolute Gasteiger partial charge is 0.244 e. The molecule has 0 saturated heterocycles. The van der Waals surface area contributed by atoms with Crippen molar-refractivity contribution in [1.29, 1.82) is 0 Å². The van der Waals surface area contributed by atoms with Gasteiger partial charge in [0.2, 0.25) is 15.9 Å². The molecule has 1 N–H and O–H groups in total. The van der Waals surface area contributed by atoms with Gasteiger partial charge in [0, 0.05) is 17.1 Å². The van der Waals surface area contributed by atoms with Gasteiger partial charge in [-0.25, -0.2) is 8.42 Å². The Morgan fingerprint density at radius 3 is 2.23 bits per heavy atom. The Bertz CT molecular complexity index is 1280. The maximum Gasteiger partial charge on any atom is 0.244 e. The summed E-state index contributed by atoms with van der Waals surface area (Å²) in [5.41, 5.74) is 3.80. The number of hydrogen-bond acceptors (Lipinski definition) is 4. The molecule has 0 radical (unpaired) electrons. The molecule has 0 aliphatic rings. The fraction of sp³-hybridized carbons (Fsp3) is 0.296. The number of ether oxygens (including phenoxy) is 1. The van der Waals surface area contributed by atoms with Crippen LogP contribution in [0, 0.1) is 20.8 Å². The van der Waals surface area contributed by atoms with E-state index < -0.39 is 15.9 Å². The SMILES string of the molecule is COc1ccccc1[C@@H](C)NC(=O)CN(Cc1ccc(Cl)cc1)S(=O)(=O)c1c(C)cc(C)cc1C. The number of hydrogen-bond donors (Lipinski definition) is 1. The summed E-state index contributed by atoms with van der Waals surface area (Å²) in [5, 5.41) is 3.46. The van der Waals surface area contributed by atoms with Gasteiger partial charge in [-0.3, -0.25) is 4.79 Å². The largest absolute Gasteiger partial charge is 0.496 e. The molecule has 0 aliphatic carbocycles. The van der Waals surface area contributed by atoms with Gasteiger partial charge in [0.15, 0.2) is 0 Å². The zero-order chi connectivity index (χ0) is 25.8. The summed E-state index contributed by atoms with van der Waals surface area (Å²) < 4.78 is 34.3. The van der Waals surface area contributed by atoms with Crippen molar-refractivity contribution in [1.82, 2.24) is 9.62 Å². The van der Waals surface area contributed by atoms with E-state index in [-0.39, 0.29) is 24.0 Å². The van der Waals surface area contributed by atoms with Crippen molar-refractivity contribution in [3.8, 4) is 5.75 Å². The monoisotopic (exact) mass is 514 g/mol. The highest BCUT2D eigenvalue weighted by Gasteiger charge is 2.30. The highest BCUT2D eigenvalue weighted by Crippen LogP contribution is 2.28. The molecular formula is C27H31ClN2O4S. The Balaban J connectivity index is 1.93. The summed E-state index contributed by atoms with van der Waals surface area (Å²) >= 11 is 6.01. The molecule has 0 saturated carbocycles. The van der Waals surface area contributed by atoms with Gasteiger partial charge < -0.3 is 10.1 Å². The molecule has 0 spiro atoms. The summed E-state index contributed by atoms with van der Waals surface area (Å²) in [7, 11) is -2.41. The third-order valence-electron chi connectivity index (χ3n) is 5.78. The number of para-hydroxylation sites is 1. The zero-order valence-electron chi connectivity index (χ0n) is 20.6. The summed E-state index contributed by atoms with van der Waals surface area (Å²) in [6, 6.07) is 17.6. The van der Waals surface area contributed by atoms with E-state index in [1.165, 1.54) is 4.31 Å². The molecule has 0 fully saturated rings. The third kappa shape index (κ3) is 6.42. The van der Waals surface area contributed by atoms with Crippen LogP contribution in [0.5, 0.6) is 5.75 Å². The molecule has 3 aromatic carbocycles. The van der Waals surface area contributed by atoms with E-state index >= 15 is 0 Å². The summed E-state index contributed by atoms with van der Waals surface area (Å²) in [6.45, 7) is 7.00. The van der Waals surface area contributed by atoms with Crippen LogP contribution in [0.15, 0.2) is 65.6 Å². The number of amides is 1. The van der Waals surface area contributed by atoms with Crippen LogP contribution in [0.25, 0.3) is 0 Å². The first kappa shape index (κ1) is 26.7. The van der Waals surface area contributed by atoms with Crippen molar-refractivity contribution in [3.05, 3.63) is 93.5 Å². The van der Waals surface area contributed by atoms with E-state index in [1.807, 2.05) is 50.2 Å². The van der Waals surface area contributed by atoms with Crippen molar-refractivity contribution < 1.29 is 17.9 Å². The second-order valence-electron chi connectivity index (χ2n) is 8.66. The van der Waals surface area contributed by atoms with E-state index in [0.717, 1.165) is 16.7 Å². The van der Waals surface area contributed by atoms with Crippen molar-refractivity contribution in [2.24, 2.45) is 0 Å². The fourth-order valence-corrected chi connectivity index (χ4v) is 6.19. The van der Waals surface area contributed by atoms with Gasteiger partial charge >= 0.3 is 0 Å². The molecule has 0 heterocycles. The van der Waals surface area contributed by atoms with Crippen LogP contribution in [-0.4, -0.2) is 32.3 Å². The van der Waals surface area contributed by atoms with E-state index in [0.29, 0.717) is 21.9 Å². The topological polar surface area (TPSA) is 75.7 Å². The lowest BCUT2D eigenvalue weighted by Crippen LogP contribution is -2.41. The zero-order valence-corrected chi connectivity index (χ0v) is 22.2. The quantitative estimate of drug-likeness (QED) is 0.418. The van der Waals surface area contributed by atoms with Crippen LogP contribution in [0.2, 0.25) is 5.02 Å². The molecule has 1 atom stereocenters. The van der Waals surface area contributed by atoms with Gasteiger partial charge in [-0.2, -0.15) is 4.31 Å². The molecule has 0 bridgehead atoms. The number of sulfonamides is 1. The molecule has 3 aromatic rings. The molecule has 0 aliphatic heterocycles. The Labute approximate surface area is 212 Å². The number of nitrogens with one attached hydrogen (secondary N) is 1. The standard InChI is InChI=1S/C27H31ClN2O4S/c1-18-14-19(2)27(20(3)15-18)35(32,33)30(16-22-10-12-23(28)13-11-22)17-26(31)29-21(4)24-8-6-7-9-25(24)34-5/h6-15,21H,16-17H2,1-5H3,(H,29,31)/t21-/m1/s1. The predicted molar refractivity (Wildman–Crippen MR) is 139 cm³/mol. The number of nitrogens with zero attached hydrogens (tertiary/aromatic N) is 1. The lowest BCUT2D eigenvalue weighted by molar-refractivity contribution is -0.122. The van der Waals surface area contributed by atoms with Crippen molar-refractivity contribution >= 4 is 27.5 Å². The Kier molecular flexibility index (Phi) is 8.59. The van der Waals surface area contributed by atoms with Gasteiger partial charge in [-0.15, -0.1) is 0 Å². The van der Waals surface area contributed by atoms with Crippen molar-refractivity contribution in [2.45, 2.75) is 45.2 Å². The third-order valence-corrected chi connectivity index (χ3v) is 8.13. The molecule has 35 heavy (non-hydrogen) atoms. The number of halogens is 1. The van der Waals surface area contributed by atoms with E-state index in [9.17, 15) is 13.2 Å². The molecule has 0 unspecified atom stereocenters. The molecule has 0 aromatic heterocycles. The average molecular weight is 515 g/mol. The van der Waals surface area contributed by atoms with Crippen LogP contribution < -0.4 is 10.1 Å². The number of methoxy groups -OCH3 is 1. The van der Waals surface area contributed by atoms with Crippen LogP contribution >= 0.6 is 11.6 Å². The summed E-state index contributed by atoms with van der Waals surface area (Å²) in [4.78, 5) is 13.3. The number of benzene rings is 3. The van der Waals surface area contributed by atoms with Crippen molar-refractivity contribution in [3.63, 3.8) is 0 Å². The minimum atomic E-state index is -3.98. The number of carbonyl (C=O) groups excluding carboxylic acids is 1. The van der Waals surface area contributed by atoms with E-state index in [2.05, 4.69) is 5.32 Å². The first-order chi connectivity index (χ1) is 16.5. The van der Waals surface area contributed by atoms with E-state index in [4.69, 9.17) is 16.3 Å². The van der Waals surface area contributed by atoms with Gasteiger partial charge in [-0.1, -0.05) is 59.6 Å². The molecular weight excluding hydrogens is 484 g/mol. The number of aryl methyl sites for hydroxylation is 3. The highest BCUT2D eigenvalue weighted by molar-refractivity contribution is 7.89. The lowest BCUT2D eigenvalue weighted by Gasteiger charge is -2.25. The summed E-state index contributed by atoms with van der Waals surface area (Å²) in [5.74, 6) is 0.236. The molecule has 8 heteroatoms. The second-order valence-corrected chi connectivity index (χ2v) is 11.0. The molecule has 3 rings (SSSR count). The Morgan fingerprint density at radius 1 is 1.03 bits per heavy atom. The van der Waals surface area contributed by atoms with Crippen LogP contribution in [0.1, 0.15) is 40.8 Å². The first-order valence-electron chi connectivity index (χ1n) is 11.3.